The summed E-state index contributed by atoms with van der Waals surface area (Å²) in [6.45, 7) is 4.99. The highest BCUT2D eigenvalue weighted by Gasteiger charge is 2.31. The van der Waals surface area contributed by atoms with Crippen LogP contribution in [0.2, 0.25) is 0 Å². The molecule has 0 aromatic heterocycles. The fraction of sp³-hybridized carbons (Fsp3) is 0.625. The van der Waals surface area contributed by atoms with E-state index in [1.54, 1.807) is 7.11 Å². The van der Waals surface area contributed by atoms with Crippen LogP contribution in [-0.2, 0) is 4.74 Å². The number of benzene rings is 1. The van der Waals surface area contributed by atoms with E-state index >= 15 is 0 Å². The zero-order valence-corrected chi connectivity index (χ0v) is 12.2. The van der Waals surface area contributed by atoms with E-state index in [0.717, 1.165) is 30.4 Å². The predicted molar refractivity (Wildman–Crippen MR) is 78.8 cm³/mol. The summed E-state index contributed by atoms with van der Waals surface area (Å²) in [5.41, 5.74) is 1.12. The van der Waals surface area contributed by atoms with E-state index in [-0.39, 0.29) is 6.10 Å². The van der Waals surface area contributed by atoms with Gasteiger partial charge < -0.3 is 14.8 Å². The maximum atomic E-state index is 5.85. The van der Waals surface area contributed by atoms with Crippen molar-refractivity contribution in [3.8, 4) is 5.75 Å². The standard InChI is InChI=1S/C16H25NO2/c1-4-12(2)19-15-7-5-6-14(10-15)17-16(11-18-3)13-8-9-13/h5-7,10,12-13,16-17H,4,8-9,11H2,1-3H3. The van der Waals surface area contributed by atoms with E-state index in [9.17, 15) is 0 Å². The summed E-state index contributed by atoms with van der Waals surface area (Å²) in [6, 6.07) is 8.64. The third kappa shape index (κ3) is 4.43. The Morgan fingerprint density at radius 2 is 2.16 bits per heavy atom. The normalized spacial score (nSPS) is 17.8. The summed E-state index contributed by atoms with van der Waals surface area (Å²) in [7, 11) is 1.76. The molecule has 1 N–H and O–H groups in total. The van der Waals surface area contributed by atoms with E-state index in [0.29, 0.717) is 6.04 Å². The molecule has 1 saturated carbocycles. The van der Waals surface area contributed by atoms with E-state index in [1.807, 2.05) is 12.1 Å². The van der Waals surface area contributed by atoms with Gasteiger partial charge in [0.05, 0.1) is 18.8 Å². The molecule has 1 fully saturated rings. The molecule has 2 rings (SSSR count). The van der Waals surface area contributed by atoms with Crippen LogP contribution in [0.3, 0.4) is 0 Å². The van der Waals surface area contributed by atoms with Crippen LogP contribution >= 0.6 is 0 Å². The van der Waals surface area contributed by atoms with Gasteiger partial charge in [0.1, 0.15) is 5.75 Å². The van der Waals surface area contributed by atoms with Gasteiger partial charge in [-0.25, -0.2) is 0 Å². The first-order valence-electron chi connectivity index (χ1n) is 7.25. The monoisotopic (exact) mass is 263 g/mol. The first kappa shape index (κ1) is 14.2. The molecular formula is C16H25NO2. The van der Waals surface area contributed by atoms with E-state index in [1.165, 1.54) is 12.8 Å². The third-order valence-corrected chi connectivity index (χ3v) is 3.64. The second kappa shape index (κ2) is 6.80. The van der Waals surface area contributed by atoms with Gasteiger partial charge in [0, 0.05) is 18.9 Å². The summed E-state index contributed by atoms with van der Waals surface area (Å²) in [5, 5.41) is 3.57. The fourth-order valence-corrected chi connectivity index (χ4v) is 2.16. The minimum absolute atomic E-state index is 0.258. The Morgan fingerprint density at radius 3 is 2.79 bits per heavy atom. The predicted octanol–water partition coefficient (Wildman–Crippen LogP) is 3.70. The molecule has 3 heteroatoms. The van der Waals surface area contributed by atoms with Gasteiger partial charge in [-0.05, 0) is 44.2 Å². The van der Waals surface area contributed by atoms with Crippen LogP contribution in [0, 0.1) is 5.92 Å². The molecule has 2 unspecified atom stereocenters. The van der Waals surface area contributed by atoms with E-state index in [2.05, 4.69) is 31.3 Å². The number of methoxy groups -OCH3 is 1. The van der Waals surface area contributed by atoms with Crippen LogP contribution in [0.1, 0.15) is 33.1 Å². The summed E-state index contributed by atoms with van der Waals surface area (Å²) in [6.07, 6.45) is 3.90. The zero-order valence-electron chi connectivity index (χ0n) is 12.2. The lowest BCUT2D eigenvalue weighted by molar-refractivity contribution is 0.179. The van der Waals surface area contributed by atoms with E-state index in [4.69, 9.17) is 9.47 Å². The van der Waals surface area contributed by atoms with Crippen molar-refractivity contribution in [1.82, 2.24) is 0 Å². The first-order valence-corrected chi connectivity index (χ1v) is 7.25. The van der Waals surface area contributed by atoms with Crippen LogP contribution < -0.4 is 10.1 Å². The molecule has 0 bridgehead atoms. The van der Waals surface area contributed by atoms with Crippen molar-refractivity contribution in [3.05, 3.63) is 24.3 Å². The molecule has 0 radical (unpaired) electrons. The lowest BCUT2D eigenvalue weighted by atomic mass is 10.2. The lowest BCUT2D eigenvalue weighted by Gasteiger charge is -2.20. The molecule has 1 aliphatic carbocycles. The largest absolute Gasteiger partial charge is 0.491 e. The molecule has 0 spiro atoms. The minimum Gasteiger partial charge on any atom is -0.491 e. The zero-order chi connectivity index (χ0) is 13.7. The van der Waals surface area contributed by atoms with Crippen LogP contribution in [0.15, 0.2) is 24.3 Å². The van der Waals surface area contributed by atoms with Gasteiger partial charge in [-0.3, -0.25) is 0 Å². The summed E-state index contributed by atoms with van der Waals surface area (Å²) >= 11 is 0. The van der Waals surface area contributed by atoms with Crippen molar-refractivity contribution in [2.75, 3.05) is 19.0 Å². The lowest BCUT2D eigenvalue weighted by Crippen LogP contribution is -2.27. The Balaban J connectivity index is 1.97. The van der Waals surface area contributed by atoms with Gasteiger partial charge in [0.15, 0.2) is 0 Å². The Labute approximate surface area is 116 Å². The smallest absolute Gasteiger partial charge is 0.121 e. The van der Waals surface area contributed by atoms with Gasteiger partial charge in [-0.2, -0.15) is 0 Å². The Kier molecular flexibility index (Phi) is 5.08. The molecular weight excluding hydrogens is 238 g/mol. The molecule has 19 heavy (non-hydrogen) atoms. The quantitative estimate of drug-likeness (QED) is 0.775. The van der Waals surface area contributed by atoms with Crippen molar-refractivity contribution >= 4 is 5.69 Å². The molecule has 0 amide bonds. The summed E-state index contributed by atoms with van der Waals surface area (Å²) < 4.78 is 11.1. The second-order valence-corrected chi connectivity index (χ2v) is 5.41. The highest BCUT2D eigenvalue weighted by Crippen LogP contribution is 2.34. The molecule has 0 heterocycles. The topological polar surface area (TPSA) is 30.5 Å². The second-order valence-electron chi connectivity index (χ2n) is 5.41. The number of rotatable bonds is 8. The van der Waals surface area contributed by atoms with Gasteiger partial charge in [0.25, 0.3) is 0 Å². The number of nitrogens with one attached hydrogen (secondary N) is 1. The molecule has 1 aromatic rings. The number of hydrogen-bond acceptors (Lipinski definition) is 3. The molecule has 0 aliphatic heterocycles. The minimum atomic E-state index is 0.258. The molecule has 2 atom stereocenters. The van der Waals surface area contributed by atoms with E-state index < -0.39 is 0 Å². The van der Waals surface area contributed by atoms with Crippen molar-refractivity contribution in [1.29, 1.82) is 0 Å². The van der Waals surface area contributed by atoms with Crippen LogP contribution in [0.5, 0.6) is 5.75 Å². The maximum Gasteiger partial charge on any atom is 0.121 e. The maximum absolute atomic E-state index is 5.85. The number of ether oxygens (including phenoxy) is 2. The Bertz CT molecular complexity index is 390. The first-order chi connectivity index (χ1) is 9.22. The Hall–Kier alpha value is -1.22. The third-order valence-electron chi connectivity index (χ3n) is 3.64. The average Bonchev–Trinajstić information content (AvgIpc) is 3.23. The molecule has 3 nitrogen and oxygen atoms in total. The van der Waals surface area contributed by atoms with Gasteiger partial charge in [-0.1, -0.05) is 13.0 Å². The van der Waals surface area contributed by atoms with Crippen LogP contribution in [0.4, 0.5) is 5.69 Å². The summed E-state index contributed by atoms with van der Waals surface area (Å²) in [5.74, 6) is 1.70. The molecule has 1 aromatic carbocycles. The molecule has 106 valence electrons. The summed E-state index contributed by atoms with van der Waals surface area (Å²) in [4.78, 5) is 0. The fourth-order valence-electron chi connectivity index (χ4n) is 2.16. The van der Waals surface area contributed by atoms with Gasteiger partial charge >= 0.3 is 0 Å². The molecule has 0 saturated heterocycles. The highest BCUT2D eigenvalue weighted by atomic mass is 16.5. The molecule has 1 aliphatic rings. The van der Waals surface area contributed by atoms with Gasteiger partial charge in [0.2, 0.25) is 0 Å². The average molecular weight is 263 g/mol. The van der Waals surface area contributed by atoms with Gasteiger partial charge in [-0.15, -0.1) is 0 Å². The van der Waals surface area contributed by atoms with Crippen LogP contribution in [0.25, 0.3) is 0 Å². The van der Waals surface area contributed by atoms with Crippen molar-refractivity contribution in [3.63, 3.8) is 0 Å². The SMILES string of the molecule is CCC(C)Oc1cccc(NC(COC)C2CC2)c1. The highest BCUT2D eigenvalue weighted by molar-refractivity contribution is 5.49. The van der Waals surface area contributed by atoms with Crippen molar-refractivity contribution in [2.24, 2.45) is 5.92 Å². The van der Waals surface area contributed by atoms with Crippen molar-refractivity contribution < 1.29 is 9.47 Å². The Morgan fingerprint density at radius 1 is 1.37 bits per heavy atom. The van der Waals surface area contributed by atoms with Crippen molar-refractivity contribution in [2.45, 2.75) is 45.3 Å². The number of hydrogen-bond donors (Lipinski definition) is 1. The van der Waals surface area contributed by atoms with Crippen LogP contribution in [-0.4, -0.2) is 25.9 Å². The number of anilines is 1.